The molecule has 0 saturated carbocycles. The van der Waals surface area contributed by atoms with Crippen LogP contribution in [0.15, 0.2) is 54.6 Å². The van der Waals surface area contributed by atoms with Crippen LogP contribution in [0.25, 0.3) is 6.08 Å². The molecular formula is C15H10N2O5. The Balaban J connectivity index is 2.10. The zero-order valence-electron chi connectivity index (χ0n) is 11.2. The van der Waals surface area contributed by atoms with Crippen molar-refractivity contribution in [1.29, 1.82) is 0 Å². The minimum Gasteiger partial charge on any atom is -0.289 e. The van der Waals surface area contributed by atoms with Crippen molar-refractivity contribution in [3.8, 4) is 0 Å². The standard InChI is InChI=1S/C15H10N2O5/c18-15(12-4-8-14(9-5-12)17(21)22)10-3-11-1-6-13(7-2-11)16(19)20/h1-10H. The molecule has 0 unspecified atom stereocenters. The summed E-state index contributed by atoms with van der Waals surface area (Å²) in [5.41, 5.74) is 0.847. The molecule has 0 N–H and O–H groups in total. The van der Waals surface area contributed by atoms with E-state index in [1.165, 1.54) is 60.7 Å². The molecule has 0 aliphatic carbocycles. The molecule has 0 heterocycles. The molecule has 7 nitrogen and oxygen atoms in total. The van der Waals surface area contributed by atoms with Crippen molar-refractivity contribution in [2.24, 2.45) is 0 Å². The van der Waals surface area contributed by atoms with E-state index in [-0.39, 0.29) is 17.2 Å². The van der Waals surface area contributed by atoms with Gasteiger partial charge in [0.1, 0.15) is 0 Å². The Kier molecular flexibility index (Phi) is 4.38. The van der Waals surface area contributed by atoms with Gasteiger partial charge in [0.05, 0.1) is 9.85 Å². The number of ketones is 1. The maximum atomic E-state index is 11.9. The van der Waals surface area contributed by atoms with Gasteiger partial charge < -0.3 is 0 Å². The fourth-order valence-corrected chi connectivity index (χ4v) is 1.72. The van der Waals surface area contributed by atoms with Crippen molar-refractivity contribution in [1.82, 2.24) is 0 Å². The van der Waals surface area contributed by atoms with Crippen LogP contribution in [0.2, 0.25) is 0 Å². The van der Waals surface area contributed by atoms with Crippen LogP contribution < -0.4 is 0 Å². The lowest BCUT2D eigenvalue weighted by Gasteiger charge is -1.96. The van der Waals surface area contributed by atoms with E-state index < -0.39 is 9.85 Å². The van der Waals surface area contributed by atoms with E-state index in [0.717, 1.165) is 0 Å². The summed E-state index contributed by atoms with van der Waals surface area (Å²) < 4.78 is 0. The summed E-state index contributed by atoms with van der Waals surface area (Å²) in [6.45, 7) is 0. The predicted octanol–water partition coefficient (Wildman–Crippen LogP) is 3.40. The van der Waals surface area contributed by atoms with Crippen molar-refractivity contribution < 1.29 is 14.6 Å². The highest BCUT2D eigenvalue weighted by Gasteiger charge is 2.07. The average Bonchev–Trinajstić information content (AvgIpc) is 2.53. The van der Waals surface area contributed by atoms with Gasteiger partial charge in [-0.15, -0.1) is 0 Å². The summed E-state index contributed by atoms with van der Waals surface area (Å²) >= 11 is 0. The molecule has 0 atom stereocenters. The number of hydrogen-bond donors (Lipinski definition) is 0. The third kappa shape index (κ3) is 3.60. The third-order valence-corrected chi connectivity index (χ3v) is 2.89. The Bertz CT molecular complexity index is 749. The minimum atomic E-state index is -0.541. The first kappa shape index (κ1) is 15.0. The summed E-state index contributed by atoms with van der Waals surface area (Å²) in [6, 6.07) is 11.0. The third-order valence-electron chi connectivity index (χ3n) is 2.89. The normalized spacial score (nSPS) is 10.5. The van der Waals surface area contributed by atoms with E-state index >= 15 is 0 Å². The van der Waals surface area contributed by atoms with Crippen LogP contribution in [-0.4, -0.2) is 15.6 Å². The highest BCUT2D eigenvalue weighted by atomic mass is 16.6. The van der Waals surface area contributed by atoms with Gasteiger partial charge in [0.15, 0.2) is 5.78 Å². The molecule has 0 bridgehead atoms. The van der Waals surface area contributed by atoms with Crippen molar-refractivity contribution in [2.45, 2.75) is 0 Å². The number of nitrogens with zero attached hydrogens (tertiary/aromatic N) is 2. The van der Waals surface area contributed by atoms with Gasteiger partial charge in [-0.05, 0) is 35.9 Å². The minimum absolute atomic E-state index is 0.0288. The van der Waals surface area contributed by atoms with Crippen LogP contribution in [0.5, 0.6) is 0 Å². The highest BCUT2D eigenvalue weighted by molar-refractivity contribution is 6.06. The van der Waals surface area contributed by atoms with Crippen LogP contribution >= 0.6 is 0 Å². The van der Waals surface area contributed by atoms with Gasteiger partial charge in [0.2, 0.25) is 0 Å². The number of benzene rings is 2. The Morgan fingerprint density at radius 3 is 1.73 bits per heavy atom. The van der Waals surface area contributed by atoms with Crippen molar-refractivity contribution in [3.05, 3.63) is 86.0 Å². The monoisotopic (exact) mass is 298 g/mol. The zero-order chi connectivity index (χ0) is 16.1. The average molecular weight is 298 g/mol. The Morgan fingerprint density at radius 2 is 1.27 bits per heavy atom. The summed E-state index contributed by atoms with van der Waals surface area (Å²) in [7, 11) is 0. The molecule has 110 valence electrons. The van der Waals surface area contributed by atoms with Crippen LogP contribution in [0.3, 0.4) is 0 Å². The molecule has 0 aromatic heterocycles. The summed E-state index contributed by atoms with van der Waals surface area (Å²) in [4.78, 5) is 31.9. The van der Waals surface area contributed by atoms with Gasteiger partial charge in [0, 0.05) is 29.8 Å². The zero-order valence-corrected chi connectivity index (χ0v) is 11.2. The number of carbonyl (C=O) groups excluding carboxylic acids is 1. The molecule has 0 radical (unpaired) electrons. The van der Waals surface area contributed by atoms with Crippen molar-refractivity contribution in [3.63, 3.8) is 0 Å². The molecule has 0 aliphatic heterocycles. The van der Waals surface area contributed by atoms with Gasteiger partial charge >= 0.3 is 0 Å². The maximum absolute atomic E-state index is 11.9. The second-order valence-corrected chi connectivity index (χ2v) is 4.35. The summed E-state index contributed by atoms with van der Waals surface area (Å²) in [5.74, 6) is -0.312. The molecule has 7 heteroatoms. The second kappa shape index (κ2) is 6.40. The molecule has 2 rings (SSSR count). The lowest BCUT2D eigenvalue weighted by Crippen LogP contribution is -1.95. The number of nitro benzene ring substituents is 2. The summed E-state index contributed by atoms with van der Waals surface area (Å²) in [6.07, 6.45) is 2.83. The van der Waals surface area contributed by atoms with Crippen LogP contribution in [0, 0.1) is 20.2 Å². The van der Waals surface area contributed by atoms with Crippen molar-refractivity contribution in [2.75, 3.05) is 0 Å². The van der Waals surface area contributed by atoms with Crippen molar-refractivity contribution >= 4 is 23.2 Å². The molecule has 0 amide bonds. The molecule has 0 aliphatic rings. The van der Waals surface area contributed by atoms with Gasteiger partial charge in [-0.1, -0.05) is 6.08 Å². The topological polar surface area (TPSA) is 103 Å². The molecular weight excluding hydrogens is 288 g/mol. The number of allylic oxidation sites excluding steroid dienone is 1. The SMILES string of the molecule is O=C(C=Cc1ccc([N+](=O)[O-])cc1)c1ccc([N+](=O)[O-])cc1. The van der Waals surface area contributed by atoms with Gasteiger partial charge in [-0.25, -0.2) is 0 Å². The van der Waals surface area contributed by atoms with E-state index in [4.69, 9.17) is 0 Å². The highest BCUT2D eigenvalue weighted by Crippen LogP contribution is 2.15. The molecule has 0 fully saturated rings. The number of nitro groups is 2. The van der Waals surface area contributed by atoms with Gasteiger partial charge in [-0.3, -0.25) is 25.0 Å². The number of carbonyl (C=O) groups is 1. The van der Waals surface area contributed by atoms with Crippen LogP contribution in [0.1, 0.15) is 15.9 Å². The second-order valence-electron chi connectivity index (χ2n) is 4.35. The number of hydrogen-bond acceptors (Lipinski definition) is 5. The Morgan fingerprint density at radius 1 is 0.818 bits per heavy atom. The van der Waals surface area contributed by atoms with Crippen LogP contribution in [-0.2, 0) is 0 Å². The largest absolute Gasteiger partial charge is 0.289 e. The lowest BCUT2D eigenvalue weighted by atomic mass is 10.1. The molecule has 0 spiro atoms. The molecule has 0 saturated heterocycles. The first-order valence-corrected chi connectivity index (χ1v) is 6.19. The van der Waals surface area contributed by atoms with E-state index in [2.05, 4.69) is 0 Å². The Hall–Kier alpha value is -3.35. The molecule has 22 heavy (non-hydrogen) atoms. The van der Waals surface area contributed by atoms with E-state index in [0.29, 0.717) is 11.1 Å². The molecule has 2 aromatic carbocycles. The van der Waals surface area contributed by atoms with Gasteiger partial charge in [-0.2, -0.15) is 0 Å². The first-order chi connectivity index (χ1) is 10.5. The smallest absolute Gasteiger partial charge is 0.269 e. The summed E-state index contributed by atoms with van der Waals surface area (Å²) in [5, 5.41) is 21.1. The quantitative estimate of drug-likeness (QED) is 0.364. The fourth-order valence-electron chi connectivity index (χ4n) is 1.72. The van der Waals surface area contributed by atoms with E-state index in [9.17, 15) is 25.0 Å². The first-order valence-electron chi connectivity index (χ1n) is 6.19. The number of non-ortho nitro benzene ring substituents is 2. The fraction of sp³-hybridized carbons (Fsp3) is 0. The van der Waals surface area contributed by atoms with E-state index in [1.807, 2.05) is 0 Å². The molecule has 2 aromatic rings. The van der Waals surface area contributed by atoms with E-state index in [1.54, 1.807) is 0 Å². The maximum Gasteiger partial charge on any atom is 0.269 e. The number of rotatable bonds is 5. The lowest BCUT2D eigenvalue weighted by molar-refractivity contribution is -0.385. The Labute approximate surface area is 124 Å². The van der Waals surface area contributed by atoms with Gasteiger partial charge in [0.25, 0.3) is 11.4 Å². The predicted molar refractivity (Wildman–Crippen MR) is 79.6 cm³/mol. The van der Waals surface area contributed by atoms with Crippen LogP contribution in [0.4, 0.5) is 11.4 Å².